The molecule has 2 aromatic heterocycles. The Morgan fingerprint density at radius 3 is 3.12 bits per heavy atom. The van der Waals surface area contributed by atoms with Crippen molar-refractivity contribution in [3.8, 4) is 6.07 Å². The lowest BCUT2D eigenvalue weighted by Gasteiger charge is -2.03. The number of nitrogens with one attached hydrogen (secondary N) is 1. The van der Waals surface area contributed by atoms with Crippen LogP contribution in [0.4, 0.5) is 0 Å². The third-order valence-corrected chi connectivity index (χ3v) is 3.36. The summed E-state index contributed by atoms with van der Waals surface area (Å²) in [6, 6.07) is 7.95. The van der Waals surface area contributed by atoms with E-state index in [-0.39, 0.29) is 0 Å². The van der Waals surface area contributed by atoms with Gasteiger partial charge in [-0.3, -0.25) is 4.68 Å². The number of hydrogen-bond donors (Lipinski definition) is 1. The van der Waals surface area contributed by atoms with E-state index in [2.05, 4.69) is 16.5 Å². The van der Waals surface area contributed by atoms with Crippen LogP contribution in [0.15, 0.2) is 30.6 Å². The molecule has 0 saturated heterocycles. The summed E-state index contributed by atoms with van der Waals surface area (Å²) in [7, 11) is 0. The molecule has 0 bridgehead atoms. The van der Waals surface area contributed by atoms with Crippen LogP contribution in [0, 0.1) is 11.3 Å². The van der Waals surface area contributed by atoms with Crippen molar-refractivity contribution < 1.29 is 0 Å². The van der Waals surface area contributed by atoms with Gasteiger partial charge in [0.1, 0.15) is 10.9 Å². The van der Waals surface area contributed by atoms with Crippen LogP contribution in [0.5, 0.6) is 0 Å². The van der Waals surface area contributed by atoms with E-state index in [1.807, 2.05) is 29.1 Å². The summed E-state index contributed by atoms with van der Waals surface area (Å²) in [6.07, 6.45) is 4.82. The van der Waals surface area contributed by atoms with E-state index in [1.165, 1.54) is 4.88 Å². The molecule has 0 spiro atoms. The highest BCUT2D eigenvalue weighted by Gasteiger charge is 1.98. The van der Waals surface area contributed by atoms with Gasteiger partial charge < -0.3 is 5.32 Å². The highest BCUT2D eigenvalue weighted by Crippen LogP contribution is 2.14. The minimum atomic E-state index is 0.776. The van der Waals surface area contributed by atoms with Crippen LogP contribution in [0.2, 0.25) is 0 Å². The Morgan fingerprint density at radius 2 is 2.41 bits per heavy atom. The zero-order valence-electron chi connectivity index (χ0n) is 9.47. The number of rotatable bonds is 6. The van der Waals surface area contributed by atoms with Crippen LogP contribution >= 0.6 is 11.3 Å². The predicted octanol–water partition coefficient (Wildman–Crippen LogP) is 2.00. The van der Waals surface area contributed by atoms with Gasteiger partial charge >= 0.3 is 0 Å². The summed E-state index contributed by atoms with van der Waals surface area (Å²) in [5, 5.41) is 16.2. The molecular formula is C12H14N4S. The SMILES string of the molecule is N#Cc1ccc(CNCCCn2cccn2)s1. The van der Waals surface area contributed by atoms with Gasteiger partial charge in [0.2, 0.25) is 0 Å². The summed E-state index contributed by atoms with van der Waals surface area (Å²) < 4.78 is 1.93. The molecule has 0 unspecified atom stereocenters. The Kier molecular flexibility index (Phi) is 4.30. The topological polar surface area (TPSA) is 53.6 Å². The quantitative estimate of drug-likeness (QED) is 0.793. The number of aryl methyl sites for hydroxylation is 1. The first kappa shape index (κ1) is 11.8. The Morgan fingerprint density at radius 1 is 1.47 bits per heavy atom. The Balaban J connectivity index is 1.62. The van der Waals surface area contributed by atoms with Crippen molar-refractivity contribution in [3.63, 3.8) is 0 Å². The van der Waals surface area contributed by atoms with E-state index in [0.717, 1.165) is 30.9 Å². The van der Waals surface area contributed by atoms with Crippen LogP contribution in [-0.2, 0) is 13.1 Å². The fourth-order valence-corrected chi connectivity index (χ4v) is 2.32. The minimum Gasteiger partial charge on any atom is -0.312 e. The van der Waals surface area contributed by atoms with Gasteiger partial charge in [-0.15, -0.1) is 11.3 Å². The van der Waals surface area contributed by atoms with E-state index < -0.39 is 0 Å². The van der Waals surface area contributed by atoms with E-state index in [4.69, 9.17) is 5.26 Å². The van der Waals surface area contributed by atoms with E-state index in [0.29, 0.717) is 0 Å². The molecule has 2 heterocycles. The number of nitriles is 1. The highest BCUT2D eigenvalue weighted by atomic mass is 32.1. The number of hydrogen-bond acceptors (Lipinski definition) is 4. The average molecular weight is 246 g/mol. The molecule has 0 aliphatic heterocycles. The third kappa shape index (κ3) is 3.70. The molecule has 2 rings (SSSR count). The molecule has 88 valence electrons. The molecular weight excluding hydrogens is 232 g/mol. The highest BCUT2D eigenvalue weighted by molar-refractivity contribution is 7.12. The first-order chi connectivity index (χ1) is 8.38. The molecule has 0 amide bonds. The fraction of sp³-hybridized carbons (Fsp3) is 0.333. The van der Waals surface area contributed by atoms with Gasteiger partial charge in [-0.1, -0.05) is 0 Å². The summed E-state index contributed by atoms with van der Waals surface area (Å²) in [6.45, 7) is 2.74. The number of thiophene rings is 1. The van der Waals surface area contributed by atoms with Crippen molar-refractivity contribution in [2.24, 2.45) is 0 Å². The predicted molar refractivity (Wildman–Crippen MR) is 67.6 cm³/mol. The Bertz CT molecular complexity index is 481. The standard InChI is InChI=1S/C12H14N4S/c13-9-11-3-4-12(17-11)10-14-5-1-7-16-8-2-6-15-16/h2-4,6,8,14H,1,5,7,10H2. The van der Waals surface area contributed by atoms with Gasteiger partial charge in [0, 0.05) is 30.4 Å². The fourth-order valence-electron chi connectivity index (χ4n) is 1.54. The van der Waals surface area contributed by atoms with Crippen molar-refractivity contribution in [1.29, 1.82) is 5.26 Å². The second-order valence-corrected chi connectivity index (χ2v) is 4.85. The van der Waals surface area contributed by atoms with E-state index >= 15 is 0 Å². The van der Waals surface area contributed by atoms with Gasteiger partial charge in [0.05, 0.1) is 0 Å². The molecule has 1 N–H and O–H groups in total. The monoisotopic (exact) mass is 246 g/mol. The van der Waals surface area contributed by atoms with Crippen molar-refractivity contribution >= 4 is 11.3 Å². The zero-order chi connectivity index (χ0) is 11.9. The third-order valence-electron chi connectivity index (χ3n) is 2.37. The normalized spacial score (nSPS) is 10.3. The first-order valence-electron chi connectivity index (χ1n) is 5.55. The minimum absolute atomic E-state index is 0.776. The maximum Gasteiger partial charge on any atom is 0.110 e. The van der Waals surface area contributed by atoms with Crippen molar-refractivity contribution in [2.75, 3.05) is 6.54 Å². The van der Waals surface area contributed by atoms with E-state index in [1.54, 1.807) is 17.5 Å². The summed E-state index contributed by atoms with van der Waals surface area (Å²) in [4.78, 5) is 1.99. The molecule has 2 aromatic rings. The van der Waals surface area contributed by atoms with Crippen LogP contribution in [0.25, 0.3) is 0 Å². The second kappa shape index (κ2) is 6.18. The van der Waals surface area contributed by atoms with Crippen molar-refractivity contribution in [2.45, 2.75) is 19.5 Å². The molecule has 0 aliphatic rings. The smallest absolute Gasteiger partial charge is 0.110 e. The van der Waals surface area contributed by atoms with Crippen molar-refractivity contribution in [3.05, 3.63) is 40.3 Å². The van der Waals surface area contributed by atoms with Crippen LogP contribution < -0.4 is 5.32 Å². The molecule has 5 heteroatoms. The largest absolute Gasteiger partial charge is 0.312 e. The van der Waals surface area contributed by atoms with Gasteiger partial charge in [0.25, 0.3) is 0 Å². The van der Waals surface area contributed by atoms with Crippen LogP contribution in [-0.4, -0.2) is 16.3 Å². The summed E-state index contributed by atoms with van der Waals surface area (Å²) in [5.74, 6) is 0. The Labute approximate surface area is 105 Å². The molecule has 0 fully saturated rings. The Hall–Kier alpha value is -1.64. The van der Waals surface area contributed by atoms with Gasteiger partial charge in [-0.25, -0.2) is 0 Å². The van der Waals surface area contributed by atoms with Crippen LogP contribution in [0.3, 0.4) is 0 Å². The van der Waals surface area contributed by atoms with Gasteiger partial charge in [0.15, 0.2) is 0 Å². The molecule has 17 heavy (non-hydrogen) atoms. The molecule has 0 atom stereocenters. The van der Waals surface area contributed by atoms with Crippen LogP contribution in [0.1, 0.15) is 16.2 Å². The first-order valence-corrected chi connectivity index (χ1v) is 6.37. The lowest BCUT2D eigenvalue weighted by atomic mass is 10.4. The number of nitrogens with zero attached hydrogens (tertiary/aromatic N) is 3. The van der Waals surface area contributed by atoms with Gasteiger partial charge in [-0.05, 0) is 31.2 Å². The lowest BCUT2D eigenvalue weighted by Crippen LogP contribution is -2.15. The maximum absolute atomic E-state index is 8.70. The van der Waals surface area contributed by atoms with E-state index in [9.17, 15) is 0 Å². The number of aromatic nitrogens is 2. The molecule has 4 nitrogen and oxygen atoms in total. The van der Waals surface area contributed by atoms with Gasteiger partial charge in [-0.2, -0.15) is 10.4 Å². The van der Waals surface area contributed by atoms with Crippen molar-refractivity contribution in [1.82, 2.24) is 15.1 Å². The average Bonchev–Trinajstić information content (AvgIpc) is 2.99. The molecule has 0 aliphatic carbocycles. The second-order valence-electron chi connectivity index (χ2n) is 3.68. The summed E-state index contributed by atoms with van der Waals surface area (Å²) in [5.41, 5.74) is 0. The maximum atomic E-state index is 8.70. The molecule has 0 saturated carbocycles. The zero-order valence-corrected chi connectivity index (χ0v) is 10.3. The lowest BCUT2D eigenvalue weighted by molar-refractivity contribution is 0.544. The molecule has 0 aromatic carbocycles. The molecule has 0 radical (unpaired) electrons. The summed E-state index contributed by atoms with van der Waals surface area (Å²) >= 11 is 1.55.